The number of primary amides is 2. The maximum absolute atomic E-state index is 11.7. The Morgan fingerprint density at radius 1 is 1.03 bits per heavy atom. The number of hydrogen-bond donors (Lipinski definition) is 4. The number of nitrogens with one attached hydrogen (secondary N) is 2. The van der Waals surface area contributed by atoms with Crippen molar-refractivity contribution >= 4 is 17.8 Å². The van der Waals surface area contributed by atoms with Crippen molar-refractivity contribution < 1.29 is 14.3 Å². The monoisotopic (exact) mass is 405 g/mol. The Labute approximate surface area is 173 Å². The first-order chi connectivity index (χ1) is 14.5. The van der Waals surface area contributed by atoms with Crippen LogP contribution in [0.5, 0.6) is 5.75 Å². The van der Waals surface area contributed by atoms with E-state index in [4.69, 9.17) is 16.2 Å². The first-order valence-electron chi connectivity index (χ1n) is 9.62. The normalized spacial score (nSPS) is 13.1. The van der Waals surface area contributed by atoms with Crippen molar-refractivity contribution in [1.29, 1.82) is 0 Å². The highest BCUT2D eigenvalue weighted by Gasteiger charge is 2.19. The largest absolute Gasteiger partial charge is 0.492 e. The van der Waals surface area contributed by atoms with Gasteiger partial charge >= 0.3 is 6.03 Å². The number of urea groups is 1. The van der Waals surface area contributed by atoms with Crippen molar-refractivity contribution in [2.24, 2.45) is 11.5 Å². The third-order valence-corrected chi connectivity index (χ3v) is 5.08. The number of H-pyrrole nitrogens is 1. The lowest BCUT2D eigenvalue weighted by atomic mass is 10.1. The lowest BCUT2D eigenvalue weighted by molar-refractivity contribution is 0.100. The molecule has 0 bridgehead atoms. The van der Waals surface area contributed by atoms with Crippen LogP contribution in [-0.2, 0) is 13.1 Å². The van der Waals surface area contributed by atoms with Gasteiger partial charge in [-0.2, -0.15) is 0 Å². The first kappa shape index (κ1) is 19.5. The van der Waals surface area contributed by atoms with Crippen LogP contribution < -0.4 is 21.5 Å². The van der Waals surface area contributed by atoms with Gasteiger partial charge in [-0.05, 0) is 29.3 Å². The number of aromatic amines is 1. The van der Waals surface area contributed by atoms with E-state index in [9.17, 15) is 9.59 Å². The van der Waals surface area contributed by atoms with Crippen molar-refractivity contribution in [3.63, 3.8) is 0 Å². The molecule has 1 aliphatic rings. The van der Waals surface area contributed by atoms with Gasteiger partial charge in [0.1, 0.15) is 18.2 Å². The standard InChI is InChI=1S/C22H23N5O3/c23-20(28)17-11-18(25-21(17)26-22(24)29)16-7-3-4-8-19(16)30-10-9-27-12-14-5-1-2-6-15(14)13-27/h1-8,11,25H,9-10,12-13H2,(H2,23,28)(H3,24,26,29). The number of para-hydroxylation sites is 1. The molecule has 0 fully saturated rings. The predicted molar refractivity (Wildman–Crippen MR) is 114 cm³/mol. The van der Waals surface area contributed by atoms with E-state index < -0.39 is 11.9 Å². The molecule has 8 nitrogen and oxygen atoms in total. The average molecular weight is 405 g/mol. The molecule has 2 heterocycles. The molecule has 6 N–H and O–H groups in total. The van der Waals surface area contributed by atoms with Crippen molar-refractivity contribution in [1.82, 2.24) is 9.88 Å². The van der Waals surface area contributed by atoms with Gasteiger partial charge in [-0.1, -0.05) is 36.4 Å². The van der Waals surface area contributed by atoms with Gasteiger partial charge in [-0.25, -0.2) is 4.79 Å². The molecule has 2 aromatic carbocycles. The Morgan fingerprint density at radius 3 is 2.37 bits per heavy atom. The van der Waals surface area contributed by atoms with Crippen LogP contribution in [0.1, 0.15) is 21.5 Å². The molecule has 1 aromatic heterocycles. The Kier molecular flexibility index (Phi) is 5.40. The molecule has 154 valence electrons. The lowest BCUT2D eigenvalue weighted by Gasteiger charge is -2.16. The molecular formula is C22H23N5O3. The molecule has 4 rings (SSSR count). The zero-order chi connectivity index (χ0) is 21.1. The van der Waals surface area contributed by atoms with Crippen LogP contribution in [0.3, 0.4) is 0 Å². The number of anilines is 1. The van der Waals surface area contributed by atoms with Crippen LogP contribution in [-0.4, -0.2) is 35.0 Å². The van der Waals surface area contributed by atoms with E-state index >= 15 is 0 Å². The maximum atomic E-state index is 11.7. The van der Waals surface area contributed by atoms with Gasteiger partial charge in [0.15, 0.2) is 0 Å². The van der Waals surface area contributed by atoms with E-state index in [2.05, 4.69) is 39.5 Å². The third-order valence-electron chi connectivity index (χ3n) is 5.08. The second kappa shape index (κ2) is 8.30. The van der Waals surface area contributed by atoms with Crippen LogP contribution in [0.2, 0.25) is 0 Å². The van der Waals surface area contributed by atoms with E-state index in [-0.39, 0.29) is 11.4 Å². The Morgan fingerprint density at radius 2 is 1.70 bits per heavy atom. The van der Waals surface area contributed by atoms with Crippen molar-refractivity contribution in [3.8, 4) is 17.0 Å². The Bertz CT molecular complexity index is 1070. The predicted octanol–water partition coefficient (Wildman–Crippen LogP) is 2.67. The second-order valence-electron chi connectivity index (χ2n) is 7.15. The summed E-state index contributed by atoms with van der Waals surface area (Å²) < 4.78 is 6.05. The van der Waals surface area contributed by atoms with Crippen LogP contribution >= 0.6 is 0 Å². The van der Waals surface area contributed by atoms with E-state index in [1.54, 1.807) is 6.07 Å². The minimum atomic E-state index is -0.790. The van der Waals surface area contributed by atoms with Gasteiger partial charge in [0.2, 0.25) is 0 Å². The number of carbonyl (C=O) groups is 2. The summed E-state index contributed by atoms with van der Waals surface area (Å²) >= 11 is 0. The van der Waals surface area contributed by atoms with Crippen molar-refractivity contribution in [3.05, 3.63) is 71.3 Å². The summed E-state index contributed by atoms with van der Waals surface area (Å²) in [7, 11) is 0. The summed E-state index contributed by atoms with van der Waals surface area (Å²) in [6, 6.07) is 16.7. The SMILES string of the molecule is NC(=O)Nc1[nH]c(-c2ccccc2OCCN2Cc3ccccc3C2)cc1C(N)=O. The molecule has 0 spiro atoms. The summed E-state index contributed by atoms with van der Waals surface area (Å²) in [5.74, 6) is 0.153. The van der Waals surface area contributed by atoms with Crippen LogP contribution in [0.25, 0.3) is 11.3 Å². The summed E-state index contributed by atoms with van der Waals surface area (Å²) in [5, 5.41) is 2.39. The maximum Gasteiger partial charge on any atom is 0.317 e. The molecule has 0 saturated heterocycles. The van der Waals surface area contributed by atoms with Crippen LogP contribution in [0.15, 0.2) is 54.6 Å². The number of nitrogens with zero attached hydrogens (tertiary/aromatic N) is 1. The summed E-state index contributed by atoms with van der Waals surface area (Å²) in [5.41, 5.74) is 14.8. The molecule has 1 aliphatic heterocycles. The first-order valence-corrected chi connectivity index (χ1v) is 9.62. The molecule has 0 radical (unpaired) electrons. The highest BCUT2D eigenvalue weighted by atomic mass is 16.5. The number of amides is 3. The van der Waals surface area contributed by atoms with Gasteiger partial charge < -0.3 is 21.2 Å². The highest BCUT2D eigenvalue weighted by molar-refractivity contribution is 6.03. The van der Waals surface area contributed by atoms with Crippen LogP contribution in [0.4, 0.5) is 10.6 Å². The number of rotatable bonds is 7. The topological polar surface area (TPSA) is 126 Å². The highest BCUT2D eigenvalue weighted by Crippen LogP contribution is 2.32. The minimum Gasteiger partial charge on any atom is -0.492 e. The molecular weight excluding hydrogens is 382 g/mol. The number of fused-ring (bicyclic) bond motifs is 1. The molecule has 30 heavy (non-hydrogen) atoms. The number of carbonyl (C=O) groups excluding carboxylic acids is 2. The zero-order valence-electron chi connectivity index (χ0n) is 16.4. The van der Waals surface area contributed by atoms with Crippen LogP contribution in [0, 0.1) is 0 Å². The quantitative estimate of drug-likeness (QED) is 0.482. The fourth-order valence-corrected chi connectivity index (χ4v) is 3.68. The molecule has 0 unspecified atom stereocenters. The number of aromatic nitrogens is 1. The second-order valence-corrected chi connectivity index (χ2v) is 7.15. The summed E-state index contributed by atoms with van der Waals surface area (Å²) in [6.07, 6.45) is 0. The van der Waals surface area contributed by atoms with Crippen molar-refractivity contribution in [2.45, 2.75) is 13.1 Å². The molecule has 3 amide bonds. The number of hydrogen-bond acceptors (Lipinski definition) is 4. The average Bonchev–Trinajstić information content (AvgIpc) is 3.31. The minimum absolute atomic E-state index is 0.147. The lowest BCUT2D eigenvalue weighted by Crippen LogP contribution is -2.23. The zero-order valence-corrected chi connectivity index (χ0v) is 16.4. The molecule has 3 aromatic rings. The van der Waals surface area contributed by atoms with E-state index in [1.165, 1.54) is 11.1 Å². The smallest absolute Gasteiger partial charge is 0.317 e. The molecule has 0 saturated carbocycles. The van der Waals surface area contributed by atoms with E-state index in [1.807, 2.05) is 24.3 Å². The number of benzene rings is 2. The number of nitrogens with two attached hydrogens (primary N) is 2. The van der Waals surface area contributed by atoms with Crippen molar-refractivity contribution in [2.75, 3.05) is 18.5 Å². The van der Waals surface area contributed by atoms with Gasteiger partial charge in [0.25, 0.3) is 5.91 Å². The number of ether oxygens (including phenoxy) is 1. The Balaban J connectivity index is 1.47. The van der Waals surface area contributed by atoms with Gasteiger partial charge in [-0.15, -0.1) is 0 Å². The summed E-state index contributed by atoms with van der Waals surface area (Å²) in [6.45, 7) is 3.14. The summed E-state index contributed by atoms with van der Waals surface area (Å²) in [4.78, 5) is 28.3. The molecule has 0 aliphatic carbocycles. The fourth-order valence-electron chi connectivity index (χ4n) is 3.68. The third kappa shape index (κ3) is 4.13. The van der Waals surface area contributed by atoms with E-state index in [0.717, 1.165) is 25.2 Å². The molecule has 0 atom stereocenters. The van der Waals surface area contributed by atoms with E-state index in [0.29, 0.717) is 18.1 Å². The van der Waals surface area contributed by atoms with Gasteiger partial charge in [0.05, 0.1) is 11.3 Å². The Hall–Kier alpha value is -3.78. The fraction of sp³-hybridized carbons (Fsp3) is 0.182. The van der Waals surface area contributed by atoms with Gasteiger partial charge in [0, 0.05) is 25.2 Å². The van der Waals surface area contributed by atoms with Gasteiger partial charge in [-0.3, -0.25) is 15.0 Å². The molecule has 8 heteroatoms.